The smallest absolute Gasteiger partial charge is 0.338 e. The number of esters is 1. The fourth-order valence-electron chi connectivity index (χ4n) is 2.29. The third kappa shape index (κ3) is 3.92. The molecule has 0 spiro atoms. The molecule has 2 heterocycles. The van der Waals surface area contributed by atoms with Crippen molar-refractivity contribution in [1.29, 1.82) is 0 Å². The number of carbonyl (C=O) groups excluding carboxylic acids is 1. The van der Waals surface area contributed by atoms with Crippen molar-refractivity contribution < 1.29 is 9.53 Å². The van der Waals surface area contributed by atoms with Gasteiger partial charge in [0.1, 0.15) is 5.82 Å². The molecule has 104 valence electrons. The van der Waals surface area contributed by atoms with Gasteiger partial charge in [-0.2, -0.15) is 0 Å². The van der Waals surface area contributed by atoms with E-state index < -0.39 is 0 Å². The van der Waals surface area contributed by atoms with Crippen LogP contribution in [0.4, 0.5) is 5.82 Å². The first-order valence-electron chi connectivity index (χ1n) is 6.66. The third-order valence-electron chi connectivity index (χ3n) is 3.59. The van der Waals surface area contributed by atoms with Gasteiger partial charge < -0.3 is 15.0 Å². The predicted octanol–water partition coefficient (Wildman–Crippen LogP) is 1.62. The normalized spacial score (nSPS) is 17.2. The minimum absolute atomic E-state index is 0.329. The van der Waals surface area contributed by atoms with Crippen LogP contribution in [-0.2, 0) is 4.74 Å². The molecule has 5 nitrogen and oxygen atoms in total. The first-order valence-corrected chi connectivity index (χ1v) is 6.66. The van der Waals surface area contributed by atoms with Gasteiger partial charge in [0.15, 0.2) is 0 Å². The second-order valence-electron chi connectivity index (χ2n) is 5.05. The van der Waals surface area contributed by atoms with E-state index in [-0.39, 0.29) is 5.97 Å². The van der Waals surface area contributed by atoms with Crippen LogP contribution in [0.25, 0.3) is 0 Å². The van der Waals surface area contributed by atoms with E-state index in [1.54, 1.807) is 18.3 Å². The summed E-state index contributed by atoms with van der Waals surface area (Å²) in [5.41, 5.74) is 0.531. The van der Waals surface area contributed by atoms with Gasteiger partial charge in [-0.1, -0.05) is 0 Å². The van der Waals surface area contributed by atoms with Crippen molar-refractivity contribution in [3.63, 3.8) is 0 Å². The topological polar surface area (TPSA) is 54.5 Å². The number of hydrogen-bond acceptors (Lipinski definition) is 5. The molecule has 1 saturated heterocycles. The molecule has 2 rings (SSSR count). The summed E-state index contributed by atoms with van der Waals surface area (Å²) in [4.78, 5) is 18.0. The maximum atomic E-state index is 11.4. The third-order valence-corrected chi connectivity index (χ3v) is 3.59. The second kappa shape index (κ2) is 6.52. The Kier molecular flexibility index (Phi) is 4.74. The molecule has 19 heavy (non-hydrogen) atoms. The number of piperidine rings is 1. The van der Waals surface area contributed by atoms with Crippen LogP contribution in [0.1, 0.15) is 23.2 Å². The highest BCUT2D eigenvalue weighted by atomic mass is 16.5. The number of rotatable bonds is 4. The van der Waals surface area contributed by atoms with E-state index in [1.165, 1.54) is 20.0 Å². The first-order chi connectivity index (χ1) is 9.19. The Morgan fingerprint density at radius 2 is 2.26 bits per heavy atom. The van der Waals surface area contributed by atoms with Gasteiger partial charge in [0.2, 0.25) is 0 Å². The lowest BCUT2D eigenvalue weighted by Gasteiger charge is -2.29. The van der Waals surface area contributed by atoms with Crippen LogP contribution < -0.4 is 5.32 Å². The Balaban J connectivity index is 1.87. The largest absolute Gasteiger partial charge is 0.465 e. The molecule has 0 amide bonds. The van der Waals surface area contributed by atoms with Crippen LogP contribution in [0.3, 0.4) is 0 Å². The molecule has 0 atom stereocenters. The summed E-state index contributed by atoms with van der Waals surface area (Å²) in [6.07, 6.45) is 4.05. The lowest BCUT2D eigenvalue weighted by atomic mass is 9.97. The summed E-state index contributed by atoms with van der Waals surface area (Å²) in [6.45, 7) is 3.22. The lowest BCUT2D eigenvalue weighted by molar-refractivity contribution is 0.0600. The Morgan fingerprint density at radius 1 is 1.53 bits per heavy atom. The second-order valence-corrected chi connectivity index (χ2v) is 5.05. The van der Waals surface area contributed by atoms with Gasteiger partial charge in [0.25, 0.3) is 0 Å². The van der Waals surface area contributed by atoms with Crippen molar-refractivity contribution in [3.8, 4) is 0 Å². The average molecular weight is 263 g/mol. The summed E-state index contributed by atoms with van der Waals surface area (Å²) in [5.74, 6) is 1.09. The number of nitrogens with one attached hydrogen (secondary N) is 1. The standard InChI is InChI=1S/C14H21N3O2/c1-17-7-4-11(5-8-17)10-16-13-9-12(3-6-15-13)14(18)19-2/h3,6,9,11H,4-5,7-8,10H2,1-2H3,(H,15,16). The highest BCUT2D eigenvalue weighted by Crippen LogP contribution is 2.17. The molecule has 1 aromatic rings. The highest BCUT2D eigenvalue weighted by Gasteiger charge is 2.16. The van der Waals surface area contributed by atoms with E-state index >= 15 is 0 Å². The van der Waals surface area contributed by atoms with Gasteiger partial charge in [-0.05, 0) is 51.0 Å². The van der Waals surface area contributed by atoms with Gasteiger partial charge in [-0.25, -0.2) is 9.78 Å². The van der Waals surface area contributed by atoms with Crippen molar-refractivity contribution >= 4 is 11.8 Å². The molecule has 1 aliphatic heterocycles. The summed E-state index contributed by atoms with van der Waals surface area (Å²) in [7, 11) is 3.54. The monoisotopic (exact) mass is 263 g/mol. The number of methoxy groups -OCH3 is 1. The molecule has 5 heteroatoms. The van der Waals surface area contributed by atoms with E-state index in [0.717, 1.165) is 25.5 Å². The van der Waals surface area contributed by atoms with Gasteiger partial charge in [0.05, 0.1) is 12.7 Å². The number of carbonyl (C=O) groups is 1. The van der Waals surface area contributed by atoms with E-state index in [1.807, 2.05) is 0 Å². The SMILES string of the molecule is COC(=O)c1ccnc(NCC2CCN(C)CC2)c1. The zero-order valence-corrected chi connectivity index (χ0v) is 11.6. The fraction of sp³-hybridized carbons (Fsp3) is 0.571. The molecule has 0 aromatic carbocycles. The number of likely N-dealkylation sites (tertiary alicyclic amines) is 1. The molecule has 0 unspecified atom stereocenters. The zero-order valence-electron chi connectivity index (χ0n) is 11.6. The van der Waals surface area contributed by atoms with Crippen molar-refractivity contribution in [2.24, 2.45) is 5.92 Å². The summed E-state index contributed by atoms with van der Waals surface area (Å²) in [6, 6.07) is 3.40. The van der Waals surface area contributed by atoms with E-state index in [0.29, 0.717) is 11.5 Å². The molecular weight excluding hydrogens is 242 g/mol. The van der Waals surface area contributed by atoms with Crippen molar-refractivity contribution in [1.82, 2.24) is 9.88 Å². The molecular formula is C14H21N3O2. The first kappa shape index (κ1) is 13.8. The van der Waals surface area contributed by atoms with Crippen molar-refractivity contribution in [2.75, 3.05) is 39.1 Å². The Labute approximate surface area is 114 Å². The number of nitrogens with zero attached hydrogens (tertiary/aromatic N) is 2. The van der Waals surface area contributed by atoms with E-state index in [2.05, 4.69) is 22.2 Å². The lowest BCUT2D eigenvalue weighted by Crippen LogP contribution is -2.33. The summed E-state index contributed by atoms with van der Waals surface area (Å²) < 4.78 is 4.70. The van der Waals surface area contributed by atoms with Gasteiger partial charge in [-0.15, -0.1) is 0 Å². The molecule has 1 fully saturated rings. The quantitative estimate of drug-likeness (QED) is 0.837. The maximum Gasteiger partial charge on any atom is 0.338 e. The summed E-state index contributed by atoms with van der Waals surface area (Å²) >= 11 is 0. The average Bonchev–Trinajstić information content (AvgIpc) is 2.46. The number of anilines is 1. The Bertz CT molecular complexity index is 428. The molecule has 1 aromatic heterocycles. The molecule has 0 saturated carbocycles. The van der Waals surface area contributed by atoms with Gasteiger partial charge in [-0.3, -0.25) is 0 Å². The van der Waals surface area contributed by atoms with Crippen molar-refractivity contribution in [2.45, 2.75) is 12.8 Å². The zero-order chi connectivity index (χ0) is 13.7. The Hall–Kier alpha value is -1.62. The van der Waals surface area contributed by atoms with Crippen LogP contribution in [0.15, 0.2) is 18.3 Å². The molecule has 1 aliphatic rings. The van der Waals surface area contributed by atoms with Crippen LogP contribution in [-0.4, -0.2) is 49.6 Å². The van der Waals surface area contributed by atoms with Crippen LogP contribution in [0, 0.1) is 5.92 Å². The number of pyridine rings is 1. The number of aromatic nitrogens is 1. The van der Waals surface area contributed by atoms with Crippen LogP contribution >= 0.6 is 0 Å². The fourth-order valence-corrected chi connectivity index (χ4v) is 2.29. The van der Waals surface area contributed by atoms with E-state index in [9.17, 15) is 4.79 Å². The van der Waals surface area contributed by atoms with E-state index in [4.69, 9.17) is 4.74 Å². The molecule has 0 aliphatic carbocycles. The van der Waals surface area contributed by atoms with Crippen molar-refractivity contribution in [3.05, 3.63) is 23.9 Å². The number of hydrogen-bond donors (Lipinski definition) is 1. The van der Waals surface area contributed by atoms with Gasteiger partial charge in [0, 0.05) is 12.7 Å². The Morgan fingerprint density at radius 3 is 2.95 bits per heavy atom. The highest BCUT2D eigenvalue weighted by molar-refractivity contribution is 5.89. The molecule has 0 radical (unpaired) electrons. The van der Waals surface area contributed by atoms with Crippen LogP contribution in [0.5, 0.6) is 0 Å². The van der Waals surface area contributed by atoms with Gasteiger partial charge >= 0.3 is 5.97 Å². The molecule has 0 bridgehead atoms. The maximum absolute atomic E-state index is 11.4. The molecule has 1 N–H and O–H groups in total. The summed E-state index contributed by atoms with van der Waals surface area (Å²) in [5, 5.41) is 3.31. The minimum Gasteiger partial charge on any atom is -0.465 e. The minimum atomic E-state index is -0.329. The predicted molar refractivity (Wildman–Crippen MR) is 74.3 cm³/mol. The number of ether oxygens (including phenoxy) is 1. The van der Waals surface area contributed by atoms with Crippen LogP contribution in [0.2, 0.25) is 0 Å².